The summed E-state index contributed by atoms with van der Waals surface area (Å²) in [5, 5.41) is 7.69. The molecule has 5 heteroatoms. The summed E-state index contributed by atoms with van der Waals surface area (Å²) < 4.78 is 1.82. The normalized spacial score (nSPS) is 29.3. The van der Waals surface area contributed by atoms with Crippen molar-refractivity contribution in [2.75, 3.05) is 19.6 Å². The largest absolute Gasteiger partial charge is 0.339 e. The number of aryl methyl sites for hydroxylation is 1. The van der Waals surface area contributed by atoms with Gasteiger partial charge in [0.2, 0.25) is 5.91 Å². The van der Waals surface area contributed by atoms with Crippen LogP contribution in [0.3, 0.4) is 0 Å². The lowest BCUT2D eigenvalue weighted by Crippen LogP contribution is -2.41. The molecule has 2 fully saturated rings. The maximum absolute atomic E-state index is 13.3. The molecule has 3 heterocycles. The molecule has 1 aromatic carbocycles. The van der Waals surface area contributed by atoms with Crippen molar-refractivity contribution >= 4 is 5.91 Å². The quantitative estimate of drug-likeness (QED) is 0.933. The molecule has 1 amide bonds. The minimum Gasteiger partial charge on any atom is -0.339 e. The van der Waals surface area contributed by atoms with E-state index < -0.39 is 0 Å². The maximum atomic E-state index is 13.3. The van der Waals surface area contributed by atoms with E-state index in [2.05, 4.69) is 52.6 Å². The van der Waals surface area contributed by atoms with Gasteiger partial charge in [0.05, 0.1) is 12.1 Å². The van der Waals surface area contributed by atoms with Crippen LogP contribution in [0.15, 0.2) is 42.7 Å². The van der Waals surface area contributed by atoms with Gasteiger partial charge >= 0.3 is 0 Å². The van der Waals surface area contributed by atoms with Crippen molar-refractivity contribution in [3.05, 3.63) is 53.9 Å². The van der Waals surface area contributed by atoms with E-state index in [0.29, 0.717) is 11.8 Å². The van der Waals surface area contributed by atoms with Gasteiger partial charge in [0.1, 0.15) is 0 Å². The topological polar surface area (TPSA) is 50.2 Å². The van der Waals surface area contributed by atoms with Gasteiger partial charge in [-0.15, -0.1) is 0 Å². The van der Waals surface area contributed by atoms with E-state index in [9.17, 15) is 4.79 Å². The van der Waals surface area contributed by atoms with Crippen molar-refractivity contribution < 1.29 is 4.79 Å². The summed E-state index contributed by atoms with van der Waals surface area (Å²) in [7, 11) is 1.93. The van der Waals surface area contributed by atoms with Crippen LogP contribution >= 0.6 is 0 Å². The summed E-state index contributed by atoms with van der Waals surface area (Å²) in [4.78, 5) is 15.4. The number of rotatable bonds is 3. The number of carbonyl (C=O) groups excluding carboxylic acids is 1. The minimum atomic E-state index is 0.0150. The van der Waals surface area contributed by atoms with E-state index in [1.165, 1.54) is 5.56 Å². The smallest absolute Gasteiger partial charge is 0.227 e. The predicted molar refractivity (Wildman–Crippen MR) is 97.3 cm³/mol. The summed E-state index contributed by atoms with van der Waals surface area (Å²) >= 11 is 0. The molecule has 5 nitrogen and oxygen atoms in total. The van der Waals surface area contributed by atoms with Crippen molar-refractivity contribution in [3.8, 4) is 0 Å². The van der Waals surface area contributed by atoms with E-state index in [0.717, 1.165) is 31.6 Å². The molecule has 0 radical (unpaired) electrons. The van der Waals surface area contributed by atoms with Gasteiger partial charge in [-0.1, -0.05) is 30.3 Å². The minimum absolute atomic E-state index is 0.0150. The Morgan fingerprint density at radius 1 is 1.16 bits per heavy atom. The Morgan fingerprint density at radius 3 is 2.68 bits per heavy atom. The number of nitrogens with zero attached hydrogens (tertiary/aromatic N) is 3. The first-order chi connectivity index (χ1) is 12.1. The highest BCUT2D eigenvalue weighted by molar-refractivity contribution is 5.81. The molecule has 4 rings (SSSR count). The lowest BCUT2D eigenvalue weighted by molar-refractivity contribution is -0.136. The number of hydrogen-bond acceptors (Lipinski definition) is 3. The first-order valence-corrected chi connectivity index (χ1v) is 9.20. The van der Waals surface area contributed by atoms with Crippen LogP contribution in [0.2, 0.25) is 0 Å². The zero-order valence-corrected chi connectivity index (χ0v) is 14.9. The second-order valence-corrected chi connectivity index (χ2v) is 7.40. The Bertz CT molecular complexity index is 741. The number of likely N-dealkylation sites (tertiary alicyclic amines) is 1. The van der Waals surface area contributed by atoms with Crippen molar-refractivity contribution in [1.29, 1.82) is 0 Å². The Morgan fingerprint density at radius 2 is 1.96 bits per heavy atom. The molecule has 2 aliphatic heterocycles. The van der Waals surface area contributed by atoms with Crippen molar-refractivity contribution in [3.63, 3.8) is 0 Å². The Balaban J connectivity index is 1.51. The molecule has 4 atom stereocenters. The lowest BCUT2D eigenvalue weighted by Gasteiger charge is -2.29. The van der Waals surface area contributed by atoms with Crippen LogP contribution in [0.25, 0.3) is 0 Å². The van der Waals surface area contributed by atoms with Crippen molar-refractivity contribution in [1.82, 2.24) is 20.0 Å². The molecular formula is C20H26N4O. The summed E-state index contributed by atoms with van der Waals surface area (Å²) in [5.41, 5.74) is 2.51. The third kappa shape index (κ3) is 2.97. The van der Waals surface area contributed by atoms with E-state index in [1.807, 2.05) is 24.1 Å². The maximum Gasteiger partial charge on any atom is 0.227 e. The third-order valence-corrected chi connectivity index (χ3v) is 5.95. The van der Waals surface area contributed by atoms with Gasteiger partial charge in [0.15, 0.2) is 0 Å². The fourth-order valence-corrected chi connectivity index (χ4v) is 4.53. The van der Waals surface area contributed by atoms with E-state index in [4.69, 9.17) is 0 Å². The fourth-order valence-electron chi connectivity index (χ4n) is 4.53. The number of aromatic nitrogens is 2. The molecule has 2 unspecified atom stereocenters. The first-order valence-electron chi connectivity index (χ1n) is 9.20. The van der Waals surface area contributed by atoms with E-state index in [1.54, 1.807) is 0 Å². The summed E-state index contributed by atoms with van der Waals surface area (Å²) in [6.45, 7) is 4.67. The number of benzene rings is 1. The van der Waals surface area contributed by atoms with Gasteiger partial charge in [-0.05, 0) is 24.5 Å². The van der Waals surface area contributed by atoms with Gasteiger partial charge in [-0.2, -0.15) is 5.10 Å². The van der Waals surface area contributed by atoms with Crippen molar-refractivity contribution in [2.45, 2.75) is 31.2 Å². The molecule has 1 aromatic heterocycles. The number of nitrogens with one attached hydrogen (secondary N) is 1. The van der Waals surface area contributed by atoms with Gasteiger partial charge < -0.3 is 10.2 Å². The second-order valence-electron chi connectivity index (χ2n) is 7.40. The van der Waals surface area contributed by atoms with Crippen LogP contribution in [0, 0.1) is 5.92 Å². The highest BCUT2D eigenvalue weighted by Gasteiger charge is 2.42. The average molecular weight is 338 g/mol. The van der Waals surface area contributed by atoms with Crippen LogP contribution < -0.4 is 5.32 Å². The SMILES string of the molecule is CC1C(c2ccccc2)CCN1C(=O)[C@H]1CNC[C@@H]1c1cnn(C)c1. The van der Waals surface area contributed by atoms with Crippen molar-refractivity contribution in [2.24, 2.45) is 13.0 Å². The van der Waals surface area contributed by atoms with Crippen LogP contribution in [0.5, 0.6) is 0 Å². The Kier molecular flexibility index (Phi) is 4.34. The number of hydrogen-bond donors (Lipinski definition) is 1. The summed E-state index contributed by atoms with van der Waals surface area (Å²) in [6.07, 6.45) is 4.99. The van der Waals surface area contributed by atoms with E-state index >= 15 is 0 Å². The van der Waals surface area contributed by atoms with E-state index in [-0.39, 0.29) is 17.9 Å². The molecule has 25 heavy (non-hydrogen) atoms. The molecule has 0 saturated carbocycles. The van der Waals surface area contributed by atoms with Crippen LogP contribution in [0.4, 0.5) is 0 Å². The Labute approximate surface area is 149 Å². The summed E-state index contributed by atoms with van der Waals surface area (Å²) in [6, 6.07) is 10.9. The molecule has 0 aliphatic carbocycles. The molecule has 2 saturated heterocycles. The monoisotopic (exact) mass is 338 g/mol. The number of amides is 1. The zero-order valence-electron chi connectivity index (χ0n) is 14.9. The first kappa shape index (κ1) is 16.3. The summed E-state index contributed by atoms with van der Waals surface area (Å²) in [5.74, 6) is 0.978. The molecule has 1 N–H and O–H groups in total. The molecule has 132 valence electrons. The van der Waals surface area contributed by atoms with Crippen LogP contribution in [-0.4, -0.2) is 46.3 Å². The van der Waals surface area contributed by atoms with Crippen LogP contribution in [-0.2, 0) is 11.8 Å². The average Bonchev–Trinajstić information content (AvgIpc) is 3.34. The standard InChI is InChI=1S/C20H26N4O/c1-14-17(15-6-4-3-5-7-15)8-9-24(14)20(25)19-12-21-11-18(19)16-10-22-23(2)13-16/h3-7,10,13-14,17-19,21H,8-9,11-12H2,1-2H3/t14?,17?,18-,19+/m1/s1. The van der Waals surface area contributed by atoms with Gasteiger partial charge in [0.25, 0.3) is 0 Å². The second kappa shape index (κ2) is 6.64. The highest BCUT2D eigenvalue weighted by atomic mass is 16.2. The molecule has 0 spiro atoms. The molecule has 2 aliphatic rings. The molecular weight excluding hydrogens is 312 g/mol. The third-order valence-electron chi connectivity index (χ3n) is 5.95. The predicted octanol–water partition coefficient (Wildman–Crippen LogP) is 2.13. The van der Waals surface area contributed by atoms with Gasteiger partial charge in [-0.25, -0.2) is 0 Å². The number of carbonyl (C=O) groups is 1. The zero-order chi connectivity index (χ0) is 17.4. The molecule has 2 aromatic rings. The molecule has 0 bridgehead atoms. The van der Waals surface area contributed by atoms with Crippen LogP contribution in [0.1, 0.15) is 36.3 Å². The lowest BCUT2D eigenvalue weighted by atomic mass is 9.89. The van der Waals surface area contributed by atoms with Gasteiger partial charge in [0, 0.05) is 50.8 Å². The van der Waals surface area contributed by atoms with Gasteiger partial charge in [-0.3, -0.25) is 9.48 Å². The highest BCUT2D eigenvalue weighted by Crippen LogP contribution is 2.37. The Hall–Kier alpha value is -2.14. The fraction of sp³-hybridized carbons (Fsp3) is 0.500.